The van der Waals surface area contributed by atoms with Gasteiger partial charge < -0.3 is 0 Å². The van der Waals surface area contributed by atoms with Crippen molar-refractivity contribution in [2.24, 2.45) is 0 Å². The molecule has 1 heterocycles. The van der Waals surface area contributed by atoms with Gasteiger partial charge in [0.2, 0.25) is 0 Å². The molecule has 1 aliphatic heterocycles. The van der Waals surface area contributed by atoms with Crippen molar-refractivity contribution in [3.63, 3.8) is 0 Å². The standard InChI is InChI=1S/C22H20N2O4/c25-19(17-12-10-16(11-13-17)15-6-2-1-3-7-15)14-23-20(26)21(27)24(22(23)28)18-8-4-5-9-18/h1-3,6-7,10-13,18H,4-5,8-9,14H2. The number of carbonyl (C=O) groups excluding carboxylic acids is 4. The summed E-state index contributed by atoms with van der Waals surface area (Å²) in [7, 11) is 0. The van der Waals surface area contributed by atoms with Crippen LogP contribution in [0.25, 0.3) is 11.1 Å². The Bertz CT molecular complexity index is 931. The van der Waals surface area contributed by atoms with Gasteiger partial charge in [-0.15, -0.1) is 0 Å². The molecule has 4 amide bonds. The van der Waals surface area contributed by atoms with Gasteiger partial charge in [0.15, 0.2) is 5.78 Å². The van der Waals surface area contributed by atoms with Gasteiger partial charge in [0.1, 0.15) is 0 Å². The summed E-state index contributed by atoms with van der Waals surface area (Å²) in [6.45, 7) is -0.419. The highest BCUT2D eigenvalue weighted by Gasteiger charge is 2.48. The Hall–Kier alpha value is -3.28. The summed E-state index contributed by atoms with van der Waals surface area (Å²) in [6, 6.07) is 15.9. The second-order valence-corrected chi connectivity index (χ2v) is 7.15. The van der Waals surface area contributed by atoms with Gasteiger partial charge in [-0.1, -0.05) is 67.4 Å². The number of urea groups is 1. The average Bonchev–Trinajstić information content (AvgIpc) is 3.32. The molecule has 2 fully saturated rings. The van der Waals surface area contributed by atoms with Crippen LogP contribution in [0.4, 0.5) is 4.79 Å². The Labute approximate surface area is 162 Å². The third-order valence-electron chi connectivity index (χ3n) is 5.39. The molecule has 0 N–H and O–H groups in total. The number of amides is 4. The quantitative estimate of drug-likeness (QED) is 0.456. The minimum absolute atomic E-state index is 0.228. The summed E-state index contributed by atoms with van der Waals surface area (Å²) in [4.78, 5) is 51.5. The molecule has 0 spiro atoms. The molecule has 0 unspecified atom stereocenters. The molecule has 0 aromatic heterocycles. The first-order valence-electron chi connectivity index (χ1n) is 9.44. The van der Waals surface area contributed by atoms with Crippen molar-refractivity contribution in [1.82, 2.24) is 9.80 Å². The molecule has 6 nitrogen and oxygen atoms in total. The smallest absolute Gasteiger partial charge is 0.292 e. The molecular formula is C22H20N2O4. The molecule has 1 aliphatic carbocycles. The Morgan fingerprint density at radius 2 is 1.43 bits per heavy atom. The van der Waals surface area contributed by atoms with Crippen molar-refractivity contribution >= 4 is 23.6 Å². The van der Waals surface area contributed by atoms with E-state index in [1.807, 2.05) is 42.5 Å². The first-order valence-corrected chi connectivity index (χ1v) is 9.44. The van der Waals surface area contributed by atoms with E-state index in [0.717, 1.165) is 33.8 Å². The second kappa shape index (κ2) is 7.38. The summed E-state index contributed by atoms with van der Waals surface area (Å²) in [6.07, 6.45) is 3.30. The zero-order valence-electron chi connectivity index (χ0n) is 15.3. The third-order valence-corrected chi connectivity index (χ3v) is 5.39. The first kappa shape index (κ1) is 18.1. The fraction of sp³-hybridized carbons (Fsp3) is 0.273. The molecule has 142 valence electrons. The predicted molar refractivity (Wildman–Crippen MR) is 102 cm³/mol. The van der Waals surface area contributed by atoms with Crippen LogP contribution in [0.1, 0.15) is 36.0 Å². The first-order chi connectivity index (χ1) is 13.6. The van der Waals surface area contributed by atoms with Gasteiger partial charge in [0.05, 0.1) is 6.54 Å². The highest BCUT2D eigenvalue weighted by atomic mass is 16.2. The van der Waals surface area contributed by atoms with Gasteiger partial charge in [0, 0.05) is 11.6 Å². The monoisotopic (exact) mass is 376 g/mol. The van der Waals surface area contributed by atoms with E-state index < -0.39 is 24.4 Å². The largest absolute Gasteiger partial charge is 0.334 e. The highest BCUT2D eigenvalue weighted by Crippen LogP contribution is 2.28. The van der Waals surface area contributed by atoms with Crippen LogP contribution in [-0.2, 0) is 9.59 Å². The van der Waals surface area contributed by atoms with Gasteiger partial charge in [-0.3, -0.25) is 19.3 Å². The topological polar surface area (TPSA) is 74.8 Å². The summed E-state index contributed by atoms with van der Waals surface area (Å²) in [5, 5.41) is 0. The molecule has 6 heteroatoms. The van der Waals surface area contributed by atoms with Crippen molar-refractivity contribution in [3.8, 4) is 11.1 Å². The van der Waals surface area contributed by atoms with Crippen LogP contribution in [0, 0.1) is 0 Å². The summed E-state index contributed by atoms with van der Waals surface area (Å²) in [5.74, 6) is -2.10. The Balaban J connectivity index is 1.48. The van der Waals surface area contributed by atoms with Crippen LogP contribution in [0.3, 0.4) is 0 Å². The Morgan fingerprint density at radius 3 is 2.07 bits per heavy atom. The van der Waals surface area contributed by atoms with Crippen molar-refractivity contribution in [3.05, 3.63) is 60.2 Å². The lowest BCUT2D eigenvalue weighted by Gasteiger charge is -2.20. The zero-order valence-corrected chi connectivity index (χ0v) is 15.3. The molecule has 2 aromatic carbocycles. The molecule has 0 bridgehead atoms. The maximum absolute atomic E-state index is 12.6. The molecule has 1 saturated carbocycles. The molecule has 28 heavy (non-hydrogen) atoms. The molecule has 1 saturated heterocycles. The summed E-state index contributed by atoms with van der Waals surface area (Å²) >= 11 is 0. The van der Waals surface area contributed by atoms with E-state index in [-0.39, 0.29) is 11.8 Å². The lowest BCUT2D eigenvalue weighted by Crippen LogP contribution is -2.41. The summed E-state index contributed by atoms with van der Waals surface area (Å²) in [5.41, 5.74) is 2.39. The molecule has 0 radical (unpaired) electrons. The normalized spacial score (nSPS) is 17.6. The number of nitrogens with zero attached hydrogens (tertiary/aromatic N) is 2. The van der Waals surface area contributed by atoms with Crippen LogP contribution in [0.5, 0.6) is 0 Å². The van der Waals surface area contributed by atoms with Crippen LogP contribution in [0.2, 0.25) is 0 Å². The summed E-state index contributed by atoms with van der Waals surface area (Å²) < 4.78 is 0. The second-order valence-electron chi connectivity index (χ2n) is 7.15. The molecule has 2 aromatic rings. The van der Waals surface area contributed by atoms with Gasteiger partial charge in [-0.2, -0.15) is 0 Å². The lowest BCUT2D eigenvalue weighted by atomic mass is 10.0. The van der Waals surface area contributed by atoms with Crippen molar-refractivity contribution < 1.29 is 19.2 Å². The number of imide groups is 2. The van der Waals surface area contributed by atoms with Gasteiger partial charge in [-0.05, 0) is 24.0 Å². The van der Waals surface area contributed by atoms with E-state index in [0.29, 0.717) is 18.4 Å². The number of Topliss-reactive ketones (excluding diaryl/α,β-unsaturated/α-hetero) is 1. The molecule has 4 rings (SSSR count). The molecular weight excluding hydrogens is 356 g/mol. The molecule has 2 aliphatic rings. The van der Waals surface area contributed by atoms with Gasteiger partial charge >= 0.3 is 17.8 Å². The SMILES string of the molecule is O=C(CN1C(=O)C(=O)N(C2CCCC2)C1=O)c1ccc(-c2ccccc2)cc1. The molecule has 0 atom stereocenters. The minimum atomic E-state index is -0.911. The van der Waals surface area contributed by atoms with Crippen molar-refractivity contribution in [1.29, 1.82) is 0 Å². The van der Waals surface area contributed by atoms with Crippen molar-refractivity contribution in [2.75, 3.05) is 6.54 Å². The maximum atomic E-state index is 12.6. The maximum Gasteiger partial charge on any atom is 0.334 e. The van der Waals surface area contributed by atoms with E-state index in [9.17, 15) is 19.2 Å². The van der Waals surface area contributed by atoms with Gasteiger partial charge in [-0.25, -0.2) is 9.69 Å². The van der Waals surface area contributed by atoms with Gasteiger partial charge in [0.25, 0.3) is 0 Å². The minimum Gasteiger partial charge on any atom is -0.292 e. The van der Waals surface area contributed by atoms with Crippen molar-refractivity contribution in [2.45, 2.75) is 31.7 Å². The van der Waals surface area contributed by atoms with E-state index in [2.05, 4.69) is 0 Å². The van der Waals surface area contributed by atoms with E-state index in [1.165, 1.54) is 0 Å². The van der Waals surface area contributed by atoms with Crippen LogP contribution < -0.4 is 0 Å². The number of rotatable bonds is 5. The lowest BCUT2D eigenvalue weighted by molar-refractivity contribution is -0.143. The number of ketones is 1. The third kappa shape index (κ3) is 3.22. The Morgan fingerprint density at radius 1 is 0.821 bits per heavy atom. The van der Waals surface area contributed by atoms with Crippen LogP contribution >= 0.6 is 0 Å². The predicted octanol–water partition coefficient (Wildman–Crippen LogP) is 3.27. The van der Waals surface area contributed by atoms with E-state index >= 15 is 0 Å². The Kier molecular flexibility index (Phi) is 4.77. The van der Waals surface area contributed by atoms with Crippen LogP contribution in [-0.4, -0.2) is 46.0 Å². The fourth-order valence-electron chi connectivity index (χ4n) is 3.86. The number of carbonyl (C=O) groups is 4. The number of hydrogen-bond acceptors (Lipinski definition) is 4. The fourth-order valence-corrected chi connectivity index (χ4v) is 3.86. The van der Waals surface area contributed by atoms with E-state index in [1.54, 1.807) is 12.1 Å². The highest BCUT2D eigenvalue weighted by molar-refractivity contribution is 6.45. The zero-order chi connectivity index (χ0) is 19.7. The number of benzene rings is 2. The number of hydrogen-bond donors (Lipinski definition) is 0. The van der Waals surface area contributed by atoms with Crippen LogP contribution in [0.15, 0.2) is 54.6 Å². The van der Waals surface area contributed by atoms with E-state index in [4.69, 9.17) is 0 Å². The average molecular weight is 376 g/mol.